The normalized spacial score (nSPS) is 12.2. The van der Waals surface area contributed by atoms with Crippen molar-refractivity contribution in [3.63, 3.8) is 0 Å². The van der Waals surface area contributed by atoms with Crippen LogP contribution in [-0.4, -0.2) is 6.04 Å². The van der Waals surface area contributed by atoms with Crippen LogP contribution < -0.4 is 10.5 Å². The van der Waals surface area contributed by atoms with Crippen molar-refractivity contribution in [1.29, 1.82) is 0 Å². The van der Waals surface area contributed by atoms with E-state index in [1.807, 2.05) is 25.1 Å². The molecule has 1 unspecified atom stereocenters. The molecule has 0 aliphatic carbocycles. The standard InChI is InChI=1S/C15H15BrFNO/c1-10(18)7-11-3-2-4-13(8-11)19-15-9-12(16)5-6-14(15)17/h2-6,8-10H,7,18H2,1H3. The highest BCUT2D eigenvalue weighted by atomic mass is 79.9. The average molecular weight is 324 g/mol. The lowest BCUT2D eigenvalue weighted by Crippen LogP contribution is -2.17. The van der Waals surface area contributed by atoms with Crippen molar-refractivity contribution in [3.8, 4) is 11.5 Å². The lowest BCUT2D eigenvalue weighted by molar-refractivity contribution is 0.441. The van der Waals surface area contributed by atoms with Crippen LogP contribution in [0, 0.1) is 5.82 Å². The SMILES string of the molecule is CC(N)Cc1cccc(Oc2cc(Br)ccc2F)c1. The first-order valence-electron chi connectivity index (χ1n) is 6.02. The van der Waals surface area contributed by atoms with E-state index in [1.54, 1.807) is 18.2 Å². The van der Waals surface area contributed by atoms with E-state index < -0.39 is 0 Å². The van der Waals surface area contributed by atoms with E-state index in [-0.39, 0.29) is 17.6 Å². The fraction of sp³-hybridized carbons (Fsp3) is 0.200. The van der Waals surface area contributed by atoms with Crippen LogP contribution in [0.15, 0.2) is 46.9 Å². The second-order valence-electron chi connectivity index (χ2n) is 4.51. The molecule has 100 valence electrons. The summed E-state index contributed by atoms with van der Waals surface area (Å²) in [4.78, 5) is 0. The quantitative estimate of drug-likeness (QED) is 0.911. The van der Waals surface area contributed by atoms with Crippen LogP contribution in [0.2, 0.25) is 0 Å². The molecule has 0 spiro atoms. The molecular formula is C15H15BrFNO. The van der Waals surface area contributed by atoms with Crippen molar-refractivity contribution in [1.82, 2.24) is 0 Å². The third kappa shape index (κ3) is 4.04. The Bertz CT molecular complexity index is 572. The van der Waals surface area contributed by atoms with Gasteiger partial charge in [-0.05, 0) is 49.2 Å². The predicted octanol–water partition coefficient (Wildman–Crippen LogP) is 4.27. The Balaban J connectivity index is 2.21. The Kier molecular flexibility index (Phi) is 4.56. The number of halogens is 2. The van der Waals surface area contributed by atoms with Crippen LogP contribution in [0.1, 0.15) is 12.5 Å². The second-order valence-corrected chi connectivity index (χ2v) is 5.42. The fourth-order valence-electron chi connectivity index (χ4n) is 1.79. The predicted molar refractivity (Wildman–Crippen MR) is 78.0 cm³/mol. The first-order chi connectivity index (χ1) is 9.04. The highest BCUT2D eigenvalue weighted by molar-refractivity contribution is 9.10. The van der Waals surface area contributed by atoms with Crippen LogP contribution in [0.4, 0.5) is 4.39 Å². The lowest BCUT2D eigenvalue weighted by atomic mass is 10.1. The summed E-state index contributed by atoms with van der Waals surface area (Å²) >= 11 is 3.29. The number of benzene rings is 2. The largest absolute Gasteiger partial charge is 0.454 e. The lowest BCUT2D eigenvalue weighted by Gasteiger charge is -2.10. The van der Waals surface area contributed by atoms with Gasteiger partial charge in [0.05, 0.1) is 0 Å². The van der Waals surface area contributed by atoms with Crippen LogP contribution in [0.5, 0.6) is 11.5 Å². The number of hydrogen-bond acceptors (Lipinski definition) is 2. The smallest absolute Gasteiger partial charge is 0.165 e. The summed E-state index contributed by atoms with van der Waals surface area (Å²) in [7, 11) is 0. The minimum absolute atomic E-state index is 0.0813. The zero-order valence-electron chi connectivity index (χ0n) is 10.6. The monoisotopic (exact) mass is 323 g/mol. The summed E-state index contributed by atoms with van der Waals surface area (Å²) in [6.45, 7) is 1.95. The Labute approximate surface area is 120 Å². The zero-order valence-corrected chi connectivity index (χ0v) is 12.2. The van der Waals surface area contributed by atoms with Gasteiger partial charge in [0.1, 0.15) is 5.75 Å². The first-order valence-corrected chi connectivity index (χ1v) is 6.81. The summed E-state index contributed by atoms with van der Waals surface area (Å²) in [5.41, 5.74) is 6.84. The second kappa shape index (κ2) is 6.17. The highest BCUT2D eigenvalue weighted by Gasteiger charge is 2.06. The summed E-state index contributed by atoms with van der Waals surface area (Å²) in [6, 6.07) is 12.2. The molecule has 0 radical (unpaired) electrons. The van der Waals surface area contributed by atoms with Gasteiger partial charge in [-0.1, -0.05) is 28.1 Å². The molecule has 0 heterocycles. The van der Waals surface area contributed by atoms with Gasteiger partial charge in [0.2, 0.25) is 0 Å². The Morgan fingerprint density at radius 3 is 2.79 bits per heavy atom. The molecular weight excluding hydrogens is 309 g/mol. The van der Waals surface area contributed by atoms with E-state index in [2.05, 4.69) is 15.9 Å². The van der Waals surface area contributed by atoms with E-state index in [1.165, 1.54) is 6.07 Å². The van der Waals surface area contributed by atoms with Gasteiger partial charge in [-0.2, -0.15) is 0 Å². The van der Waals surface area contributed by atoms with Crippen LogP contribution in [-0.2, 0) is 6.42 Å². The van der Waals surface area contributed by atoms with Gasteiger partial charge >= 0.3 is 0 Å². The van der Waals surface area contributed by atoms with Crippen molar-refractivity contribution in [2.24, 2.45) is 5.73 Å². The van der Waals surface area contributed by atoms with Gasteiger partial charge < -0.3 is 10.5 Å². The maximum atomic E-state index is 13.6. The Morgan fingerprint density at radius 2 is 2.05 bits per heavy atom. The van der Waals surface area contributed by atoms with E-state index in [9.17, 15) is 4.39 Å². The maximum absolute atomic E-state index is 13.6. The molecule has 2 rings (SSSR count). The molecule has 2 aromatic carbocycles. The molecule has 0 bridgehead atoms. The minimum Gasteiger partial charge on any atom is -0.454 e. The molecule has 19 heavy (non-hydrogen) atoms. The number of rotatable bonds is 4. The first kappa shape index (κ1) is 14.0. The molecule has 0 fully saturated rings. The molecule has 0 aliphatic heterocycles. The number of hydrogen-bond donors (Lipinski definition) is 1. The van der Waals surface area contributed by atoms with Gasteiger partial charge in [0, 0.05) is 10.5 Å². The zero-order chi connectivity index (χ0) is 13.8. The molecule has 0 amide bonds. The van der Waals surface area contributed by atoms with Crippen molar-refractivity contribution >= 4 is 15.9 Å². The van der Waals surface area contributed by atoms with Crippen molar-refractivity contribution < 1.29 is 9.13 Å². The molecule has 2 aromatic rings. The Hall–Kier alpha value is -1.39. The molecule has 0 aromatic heterocycles. The number of ether oxygens (including phenoxy) is 1. The van der Waals surface area contributed by atoms with Gasteiger partial charge in [-0.3, -0.25) is 0 Å². The van der Waals surface area contributed by atoms with Crippen molar-refractivity contribution in [3.05, 3.63) is 58.3 Å². The maximum Gasteiger partial charge on any atom is 0.165 e. The fourth-order valence-corrected chi connectivity index (χ4v) is 2.13. The molecule has 0 saturated carbocycles. The summed E-state index contributed by atoms with van der Waals surface area (Å²) < 4.78 is 19.9. The van der Waals surface area contributed by atoms with E-state index in [0.29, 0.717) is 5.75 Å². The van der Waals surface area contributed by atoms with Gasteiger partial charge in [0.15, 0.2) is 11.6 Å². The van der Waals surface area contributed by atoms with E-state index >= 15 is 0 Å². The summed E-state index contributed by atoms with van der Waals surface area (Å²) in [5, 5.41) is 0. The van der Waals surface area contributed by atoms with Crippen molar-refractivity contribution in [2.75, 3.05) is 0 Å². The third-order valence-electron chi connectivity index (χ3n) is 2.58. The average Bonchev–Trinajstić information content (AvgIpc) is 2.33. The Morgan fingerprint density at radius 1 is 1.26 bits per heavy atom. The van der Waals surface area contributed by atoms with Crippen molar-refractivity contribution in [2.45, 2.75) is 19.4 Å². The third-order valence-corrected chi connectivity index (χ3v) is 3.07. The van der Waals surface area contributed by atoms with Gasteiger partial charge in [-0.15, -0.1) is 0 Å². The summed E-state index contributed by atoms with van der Waals surface area (Å²) in [6.07, 6.45) is 0.762. The van der Waals surface area contributed by atoms with Crippen LogP contribution >= 0.6 is 15.9 Å². The van der Waals surface area contributed by atoms with Gasteiger partial charge in [-0.25, -0.2) is 4.39 Å². The topological polar surface area (TPSA) is 35.2 Å². The molecule has 0 saturated heterocycles. The number of nitrogens with two attached hydrogens (primary N) is 1. The van der Waals surface area contributed by atoms with E-state index in [0.717, 1.165) is 16.5 Å². The van der Waals surface area contributed by atoms with Gasteiger partial charge in [0.25, 0.3) is 0 Å². The molecule has 4 heteroatoms. The van der Waals surface area contributed by atoms with Crippen LogP contribution in [0.3, 0.4) is 0 Å². The molecule has 2 nitrogen and oxygen atoms in total. The minimum atomic E-state index is -0.388. The molecule has 2 N–H and O–H groups in total. The molecule has 0 aliphatic rings. The summed E-state index contributed by atoms with van der Waals surface area (Å²) in [5.74, 6) is 0.420. The van der Waals surface area contributed by atoms with Crippen LogP contribution in [0.25, 0.3) is 0 Å². The van der Waals surface area contributed by atoms with E-state index in [4.69, 9.17) is 10.5 Å². The molecule has 1 atom stereocenters. The highest BCUT2D eigenvalue weighted by Crippen LogP contribution is 2.28.